The molecule has 0 aliphatic carbocycles. The average molecular weight is 958 g/mol. The summed E-state index contributed by atoms with van der Waals surface area (Å²) in [6.07, 6.45) is 0. The molecule has 4 aromatic rings. The van der Waals surface area contributed by atoms with Crippen LogP contribution in [0.1, 0.15) is 10.4 Å². The van der Waals surface area contributed by atoms with Crippen LogP contribution >= 0.6 is 0 Å². The molecule has 0 saturated heterocycles. The molecule has 60 heavy (non-hydrogen) atoms. The van der Waals surface area contributed by atoms with Gasteiger partial charge in [0.1, 0.15) is 21.5 Å². The van der Waals surface area contributed by atoms with E-state index in [1.807, 2.05) is 0 Å². The van der Waals surface area contributed by atoms with Crippen LogP contribution in [0.5, 0.6) is 0 Å². The number of hydrogen-bond acceptors (Lipinski definition) is 22. The van der Waals surface area contributed by atoms with Gasteiger partial charge >= 0.3 is 88.7 Å². The van der Waals surface area contributed by atoms with Crippen molar-refractivity contribution in [1.29, 1.82) is 0 Å². The Morgan fingerprint density at radius 1 is 0.600 bits per heavy atom. The summed E-state index contributed by atoms with van der Waals surface area (Å²) in [5.41, 5.74) is 9.90. The maximum Gasteiger partial charge on any atom is 1.00 e. The summed E-state index contributed by atoms with van der Waals surface area (Å²) in [4.78, 5) is 11.4. The van der Waals surface area contributed by atoms with E-state index >= 15 is 0 Å². The van der Waals surface area contributed by atoms with E-state index in [1.165, 1.54) is 42.5 Å². The van der Waals surface area contributed by atoms with Gasteiger partial charge in [0.15, 0.2) is 19.7 Å². The van der Waals surface area contributed by atoms with E-state index in [9.17, 15) is 60.5 Å². The van der Waals surface area contributed by atoms with E-state index in [0.29, 0.717) is 0 Å². The van der Waals surface area contributed by atoms with Gasteiger partial charge in [-0.2, -0.15) is 10.2 Å². The molecule has 23 nitrogen and oxygen atoms in total. The van der Waals surface area contributed by atoms with Crippen molar-refractivity contribution in [2.24, 2.45) is 20.5 Å². The van der Waals surface area contributed by atoms with Gasteiger partial charge in [-0.15, -0.1) is 10.2 Å². The largest absolute Gasteiger partial charge is 1.00 e. The molecule has 1 amide bonds. The van der Waals surface area contributed by atoms with Crippen molar-refractivity contribution in [3.8, 4) is 0 Å². The molecule has 0 aliphatic heterocycles. The predicted octanol–water partition coefficient (Wildman–Crippen LogP) is -6.65. The van der Waals surface area contributed by atoms with E-state index in [0.717, 1.165) is 36.4 Å². The molecule has 0 atom stereocenters. The van der Waals surface area contributed by atoms with Crippen LogP contribution < -0.4 is 105 Å². The first-order valence-corrected chi connectivity index (χ1v) is 22.5. The fraction of sp³-hybridized carbons (Fsp3) is 0.138. The summed E-state index contributed by atoms with van der Waals surface area (Å²) in [6.45, 7) is -1.86. The second-order valence-electron chi connectivity index (χ2n) is 11.0. The van der Waals surface area contributed by atoms with Crippen molar-refractivity contribution >= 4 is 96.3 Å². The first-order chi connectivity index (χ1) is 26.3. The molecule has 0 heterocycles. The fourth-order valence-corrected chi connectivity index (χ4v) is 8.03. The van der Waals surface area contributed by atoms with Gasteiger partial charge in [0.25, 0.3) is 5.91 Å². The van der Waals surface area contributed by atoms with Crippen LogP contribution in [0.4, 0.5) is 39.8 Å². The summed E-state index contributed by atoms with van der Waals surface area (Å²) in [5, 5.41) is 18.0. The number of rotatable bonds is 17. The first kappa shape index (κ1) is 55.7. The molecule has 0 aliphatic rings. The molecule has 0 unspecified atom stereocenters. The first-order valence-electron chi connectivity index (χ1n) is 15.1. The maximum atomic E-state index is 13.0. The van der Waals surface area contributed by atoms with Gasteiger partial charge in [-0.1, -0.05) is 12.1 Å². The molecule has 0 aromatic heterocycles. The van der Waals surface area contributed by atoms with E-state index in [-0.39, 0.29) is 121 Å². The number of carbonyl (C=O) groups is 1. The summed E-state index contributed by atoms with van der Waals surface area (Å²) in [7, 11) is -23.7. The van der Waals surface area contributed by atoms with Gasteiger partial charge in [-0.05, 0) is 66.7 Å². The fourth-order valence-electron chi connectivity index (χ4n) is 4.41. The number of nitrogens with zero attached hydrogens (tertiary/aromatic N) is 4. The number of carbonyl (C=O) groups excluding carboxylic acids is 1. The molecule has 0 saturated carbocycles. The number of hydrogen-bond donors (Lipinski definition) is 3. The van der Waals surface area contributed by atoms with Crippen LogP contribution in [-0.2, 0) is 59.0 Å². The molecule has 0 bridgehead atoms. The van der Waals surface area contributed by atoms with E-state index < -0.39 is 109 Å². The van der Waals surface area contributed by atoms with E-state index in [1.54, 1.807) is 0 Å². The van der Waals surface area contributed by atoms with Gasteiger partial charge < -0.3 is 30.4 Å². The standard InChI is InChI=1S/C29H29N7O16S5.3Na/c30-26-24(17-25(55(42,43)44)27(31)28(26)36-33-19-7-9-22(10-8-19)53(38,39)13-11-51-56(45,46)47)35-34-21-5-1-3-18(15-21)29(37)32-20-4-2-6-23(16-20)54(40,41)14-12-52-57(48,49)50;;;/h1-10,15-17H,11-14,30-31H2,(H,32,37)(H,42,43,44)(H,45,46,47)(H,48,49,50);;;/q;3*+1/p-3. The quantitative estimate of drug-likeness (QED) is 0.0291. The molecule has 0 fully saturated rings. The topological polar surface area (TPSA) is 389 Å². The van der Waals surface area contributed by atoms with Gasteiger partial charge in [0.05, 0.1) is 62.2 Å². The smallest absolute Gasteiger partial charge is 0.744 e. The number of nitrogens with two attached hydrogens (primary N) is 2. The Bertz CT molecular complexity index is 2830. The summed E-state index contributed by atoms with van der Waals surface area (Å²) in [6, 6.07) is 15.4. The number of nitrogens with one attached hydrogen (secondary N) is 1. The minimum Gasteiger partial charge on any atom is -0.744 e. The van der Waals surface area contributed by atoms with Crippen molar-refractivity contribution in [1.82, 2.24) is 0 Å². The van der Waals surface area contributed by atoms with Crippen LogP contribution in [-0.4, -0.2) is 86.4 Å². The van der Waals surface area contributed by atoms with Gasteiger partial charge in [0.2, 0.25) is 20.8 Å². The minimum atomic E-state index is -5.27. The third kappa shape index (κ3) is 16.8. The molecule has 306 valence electrons. The van der Waals surface area contributed by atoms with Gasteiger partial charge in [-0.3, -0.25) is 13.2 Å². The third-order valence-corrected chi connectivity index (χ3v) is 12.2. The molecule has 5 N–H and O–H groups in total. The second kappa shape index (κ2) is 22.9. The summed E-state index contributed by atoms with van der Waals surface area (Å²) >= 11 is 0. The van der Waals surface area contributed by atoms with E-state index in [4.69, 9.17) is 11.5 Å². The molecular weight excluding hydrogens is 932 g/mol. The van der Waals surface area contributed by atoms with Crippen molar-refractivity contribution < 1.29 is 158 Å². The molecule has 0 spiro atoms. The van der Waals surface area contributed by atoms with Crippen molar-refractivity contribution in [2.75, 3.05) is 41.5 Å². The molecular formula is C29H26N7Na3O16S5. The van der Waals surface area contributed by atoms with Crippen LogP contribution in [0.15, 0.2) is 114 Å². The number of benzene rings is 4. The zero-order valence-electron chi connectivity index (χ0n) is 31.4. The van der Waals surface area contributed by atoms with Crippen LogP contribution in [0.25, 0.3) is 0 Å². The summed E-state index contributed by atoms with van der Waals surface area (Å²) in [5.74, 6) is -2.46. The van der Waals surface area contributed by atoms with Crippen LogP contribution in [0.3, 0.4) is 0 Å². The third-order valence-electron chi connectivity index (χ3n) is 7.04. The van der Waals surface area contributed by atoms with Crippen LogP contribution in [0.2, 0.25) is 0 Å². The Kier molecular flexibility index (Phi) is 21.2. The number of nitrogen functional groups attached to an aromatic ring is 2. The number of amides is 1. The zero-order chi connectivity index (χ0) is 42.4. The minimum absolute atomic E-state index is 0. The number of sulfone groups is 2. The normalized spacial score (nSPS) is 12.3. The van der Waals surface area contributed by atoms with Gasteiger partial charge in [-0.25, -0.2) is 42.1 Å². The van der Waals surface area contributed by atoms with Crippen LogP contribution in [0, 0.1) is 0 Å². The Morgan fingerprint density at radius 3 is 1.68 bits per heavy atom. The maximum absolute atomic E-state index is 13.0. The molecule has 0 radical (unpaired) electrons. The molecule has 31 heteroatoms. The Morgan fingerprint density at radius 2 is 1.13 bits per heavy atom. The summed E-state index contributed by atoms with van der Waals surface area (Å²) < 4.78 is 158. The Hall–Kier alpha value is -2.30. The second-order valence-corrected chi connectivity index (χ2v) is 18.7. The van der Waals surface area contributed by atoms with E-state index in [2.05, 4.69) is 34.1 Å². The van der Waals surface area contributed by atoms with Crippen molar-refractivity contribution in [2.45, 2.75) is 14.7 Å². The predicted molar refractivity (Wildman–Crippen MR) is 194 cm³/mol. The Labute approximate surface area is 410 Å². The van der Waals surface area contributed by atoms with Crippen molar-refractivity contribution in [3.05, 3.63) is 84.4 Å². The Balaban J connectivity index is 0.00000600. The number of azo groups is 2. The molecule has 4 rings (SSSR count). The van der Waals surface area contributed by atoms with Gasteiger partial charge in [0, 0.05) is 11.3 Å². The SMILES string of the molecule is Nc1c(N=Nc2cccc(C(=O)Nc3cccc(S(=O)(=O)CCOS(=O)(=O)[O-])c3)c2)cc(S(=O)(=O)[O-])c(N)c1N=Nc1ccc(S(=O)(=O)CCOS(=O)(=O)[O-])cc1.[Na+].[Na+].[Na+]. The molecule has 4 aromatic carbocycles. The van der Waals surface area contributed by atoms with Crippen molar-refractivity contribution in [3.63, 3.8) is 0 Å². The zero-order valence-corrected chi connectivity index (χ0v) is 41.4. The average Bonchev–Trinajstić information content (AvgIpc) is 3.10. The monoisotopic (exact) mass is 957 g/mol. The number of anilines is 3.